The van der Waals surface area contributed by atoms with Crippen molar-refractivity contribution >= 4 is 11.8 Å². The number of hydrogen-bond acceptors (Lipinski definition) is 2. The lowest BCUT2D eigenvalue weighted by molar-refractivity contribution is -0.124. The van der Waals surface area contributed by atoms with Crippen LogP contribution in [0.3, 0.4) is 0 Å². The van der Waals surface area contributed by atoms with Crippen LogP contribution in [0.5, 0.6) is 0 Å². The summed E-state index contributed by atoms with van der Waals surface area (Å²) >= 11 is 0. The molecule has 0 saturated carbocycles. The number of hydrogen-bond donors (Lipinski definition) is 2. The Morgan fingerprint density at radius 3 is 2.08 bits per heavy atom. The summed E-state index contributed by atoms with van der Waals surface area (Å²) < 4.78 is 0. The zero-order valence-electron chi connectivity index (χ0n) is 7.25. The Kier molecular flexibility index (Phi) is 4.33. The molecule has 69 valence electrons. The van der Waals surface area contributed by atoms with E-state index in [-0.39, 0.29) is 11.8 Å². The van der Waals surface area contributed by atoms with Crippen molar-refractivity contribution in [3.8, 4) is 0 Å². The van der Waals surface area contributed by atoms with Crippen LogP contribution in [0.15, 0.2) is 0 Å². The van der Waals surface area contributed by atoms with Crippen LogP contribution in [0.4, 0.5) is 0 Å². The molecule has 4 N–H and O–H groups in total. The molecule has 4 heteroatoms. The SMILES string of the molecule is [CH2]CC(CC(C)C(N)=O)C(N)=O. The number of primary amides is 2. The van der Waals surface area contributed by atoms with E-state index in [9.17, 15) is 9.59 Å². The molecule has 1 radical (unpaired) electrons. The molecule has 4 nitrogen and oxygen atoms in total. The summed E-state index contributed by atoms with van der Waals surface area (Å²) in [7, 11) is 0. The van der Waals surface area contributed by atoms with Crippen molar-refractivity contribution in [1.29, 1.82) is 0 Å². The van der Waals surface area contributed by atoms with Gasteiger partial charge in [-0.05, 0) is 12.8 Å². The molecule has 0 aliphatic rings. The van der Waals surface area contributed by atoms with E-state index in [1.807, 2.05) is 0 Å². The third-order valence-electron chi connectivity index (χ3n) is 1.87. The molecule has 0 saturated heterocycles. The fourth-order valence-corrected chi connectivity index (χ4v) is 0.919. The van der Waals surface area contributed by atoms with Gasteiger partial charge in [0.15, 0.2) is 0 Å². The van der Waals surface area contributed by atoms with Gasteiger partial charge >= 0.3 is 0 Å². The first-order chi connectivity index (χ1) is 5.49. The zero-order valence-corrected chi connectivity index (χ0v) is 7.25. The van der Waals surface area contributed by atoms with Crippen LogP contribution in [0.2, 0.25) is 0 Å². The molecule has 2 unspecified atom stereocenters. The molecule has 12 heavy (non-hydrogen) atoms. The van der Waals surface area contributed by atoms with Crippen molar-refractivity contribution in [2.45, 2.75) is 19.8 Å². The standard InChI is InChI=1S/C8H15N2O2/c1-3-6(8(10)12)4-5(2)7(9)11/h5-6H,1,3-4H2,2H3,(H2,9,11)(H2,10,12). The maximum atomic E-state index is 10.7. The second-order valence-corrected chi connectivity index (χ2v) is 2.93. The molecule has 2 atom stereocenters. The van der Waals surface area contributed by atoms with Crippen molar-refractivity contribution in [1.82, 2.24) is 0 Å². The normalized spacial score (nSPS) is 15.2. The van der Waals surface area contributed by atoms with Crippen molar-refractivity contribution in [2.75, 3.05) is 0 Å². The summed E-state index contributed by atoms with van der Waals surface area (Å²) in [6.45, 7) is 5.24. The third-order valence-corrected chi connectivity index (χ3v) is 1.87. The van der Waals surface area contributed by atoms with Crippen LogP contribution >= 0.6 is 0 Å². The van der Waals surface area contributed by atoms with E-state index in [1.54, 1.807) is 6.92 Å². The van der Waals surface area contributed by atoms with Gasteiger partial charge in [0.2, 0.25) is 11.8 Å². The average Bonchev–Trinajstić information content (AvgIpc) is 1.98. The van der Waals surface area contributed by atoms with Gasteiger partial charge in [-0.2, -0.15) is 0 Å². The topological polar surface area (TPSA) is 86.2 Å². The Balaban J connectivity index is 4.02. The van der Waals surface area contributed by atoms with E-state index in [0.717, 1.165) is 0 Å². The van der Waals surface area contributed by atoms with Crippen molar-refractivity contribution in [2.24, 2.45) is 23.3 Å². The van der Waals surface area contributed by atoms with Gasteiger partial charge in [0.05, 0.1) is 0 Å². The van der Waals surface area contributed by atoms with Crippen LogP contribution in [-0.4, -0.2) is 11.8 Å². The molecule has 0 rings (SSSR count). The van der Waals surface area contributed by atoms with Crippen LogP contribution in [0.25, 0.3) is 0 Å². The molecular formula is C8H15N2O2. The summed E-state index contributed by atoms with van der Waals surface area (Å²) in [5.41, 5.74) is 10.1. The van der Waals surface area contributed by atoms with Crippen LogP contribution in [-0.2, 0) is 9.59 Å². The maximum Gasteiger partial charge on any atom is 0.220 e. The fraction of sp³-hybridized carbons (Fsp3) is 0.625. The van der Waals surface area contributed by atoms with Gasteiger partial charge in [0, 0.05) is 11.8 Å². The Morgan fingerprint density at radius 2 is 1.83 bits per heavy atom. The molecule has 0 bridgehead atoms. The van der Waals surface area contributed by atoms with Gasteiger partial charge in [-0.15, -0.1) is 0 Å². The van der Waals surface area contributed by atoms with E-state index in [0.29, 0.717) is 12.8 Å². The Bertz CT molecular complexity index is 180. The lowest BCUT2D eigenvalue weighted by Gasteiger charge is -2.13. The predicted octanol–water partition coefficient (Wildman–Crippen LogP) is -0.176. The number of rotatable bonds is 5. The van der Waals surface area contributed by atoms with Gasteiger partial charge in [-0.25, -0.2) is 0 Å². The summed E-state index contributed by atoms with van der Waals surface area (Å²) in [5, 5.41) is 0. The lowest BCUT2D eigenvalue weighted by Crippen LogP contribution is -2.29. The third kappa shape index (κ3) is 3.37. The average molecular weight is 171 g/mol. The molecule has 0 aliphatic carbocycles. The second-order valence-electron chi connectivity index (χ2n) is 2.93. The van der Waals surface area contributed by atoms with Crippen molar-refractivity contribution in [3.63, 3.8) is 0 Å². The van der Waals surface area contributed by atoms with Crippen molar-refractivity contribution < 1.29 is 9.59 Å². The number of carbonyl (C=O) groups is 2. The molecule has 0 aromatic carbocycles. The lowest BCUT2D eigenvalue weighted by atomic mass is 9.93. The minimum absolute atomic E-state index is 0.316. The minimum Gasteiger partial charge on any atom is -0.369 e. The smallest absolute Gasteiger partial charge is 0.220 e. The molecule has 0 spiro atoms. The Morgan fingerprint density at radius 1 is 1.33 bits per heavy atom. The highest BCUT2D eigenvalue weighted by molar-refractivity contribution is 5.79. The van der Waals surface area contributed by atoms with Crippen LogP contribution in [0, 0.1) is 18.8 Å². The van der Waals surface area contributed by atoms with Gasteiger partial charge in [0.1, 0.15) is 0 Å². The molecule has 0 fully saturated rings. The predicted molar refractivity (Wildman–Crippen MR) is 45.6 cm³/mol. The highest BCUT2D eigenvalue weighted by Crippen LogP contribution is 2.14. The number of nitrogens with two attached hydrogens (primary N) is 2. The summed E-state index contributed by atoms with van der Waals surface area (Å²) in [6, 6.07) is 0. The van der Waals surface area contributed by atoms with E-state index < -0.39 is 11.8 Å². The highest BCUT2D eigenvalue weighted by atomic mass is 16.1. The van der Waals surface area contributed by atoms with E-state index in [4.69, 9.17) is 11.5 Å². The number of carbonyl (C=O) groups excluding carboxylic acids is 2. The van der Waals surface area contributed by atoms with Gasteiger partial charge < -0.3 is 11.5 Å². The van der Waals surface area contributed by atoms with Gasteiger partial charge in [0.25, 0.3) is 0 Å². The largest absolute Gasteiger partial charge is 0.369 e. The van der Waals surface area contributed by atoms with Gasteiger partial charge in [-0.1, -0.05) is 13.8 Å². The van der Waals surface area contributed by atoms with Crippen LogP contribution in [0.1, 0.15) is 19.8 Å². The molecule has 2 amide bonds. The van der Waals surface area contributed by atoms with E-state index in [1.165, 1.54) is 0 Å². The quantitative estimate of drug-likeness (QED) is 0.601. The fourth-order valence-electron chi connectivity index (χ4n) is 0.919. The van der Waals surface area contributed by atoms with E-state index >= 15 is 0 Å². The first-order valence-corrected chi connectivity index (χ1v) is 3.87. The molecule has 0 aromatic heterocycles. The second kappa shape index (κ2) is 4.74. The van der Waals surface area contributed by atoms with Crippen LogP contribution < -0.4 is 11.5 Å². The highest BCUT2D eigenvalue weighted by Gasteiger charge is 2.19. The number of amides is 2. The Labute approximate surface area is 72.3 Å². The first kappa shape index (κ1) is 10.9. The maximum absolute atomic E-state index is 10.7. The summed E-state index contributed by atoms with van der Waals surface area (Å²) in [5.74, 6) is -1.48. The summed E-state index contributed by atoms with van der Waals surface area (Å²) in [4.78, 5) is 21.3. The van der Waals surface area contributed by atoms with E-state index in [2.05, 4.69) is 6.92 Å². The zero-order chi connectivity index (χ0) is 9.72. The van der Waals surface area contributed by atoms with Crippen molar-refractivity contribution in [3.05, 3.63) is 6.92 Å². The van der Waals surface area contributed by atoms with Gasteiger partial charge in [-0.3, -0.25) is 9.59 Å². The Hall–Kier alpha value is -1.06. The molecule has 0 aliphatic heterocycles. The molecule has 0 heterocycles. The molecule has 0 aromatic rings. The molecular weight excluding hydrogens is 156 g/mol. The summed E-state index contributed by atoms with van der Waals surface area (Å²) in [6.07, 6.45) is 0.807. The first-order valence-electron chi connectivity index (χ1n) is 3.87. The monoisotopic (exact) mass is 171 g/mol. The minimum atomic E-state index is -0.418.